The lowest BCUT2D eigenvalue weighted by atomic mass is 10.1. The van der Waals surface area contributed by atoms with Gasteiger partial charge in [0.2, 0.25) is 0 Å². The summed E-state index contributed by atoms with van der Waals surface area (Å²) in [5.41, 5.74) is 0.690. The van der Waals surface area contributed by atoms with Crippen LogP contribution in [0, 0.1) is 0 Å². The molecular formula is C20H18F2N6O4S. The zero-order valence-electron chi connectivity index (χ0n) is 17.4. The number of nitrogens with zero attached hydrogens (tertiary/aromatic N) is 5. The molecule has 4 aromatic rings. The first-order chi connectivity index (χ1) is 15.7. The third kappa shape index (κ3) is 4.39. The van der Waals surface area contributed by atoms with Gasteiger partial charge < -0.3 is 10.1 Å². The molecule has 0 saturated carbocycles. The van der Waals surface area contributed by atoms with Crippen molar-refractivity contribution in [1.29, 1.82) is 0 Å². The molecule has 0 radical (unpaired) electrons. The first-order valence-electron chi connectivity index (χ1n) is 9.65. The molecular weight excluding hydrogens is 458 g/mol. The van der Waals surface area contributed by atoms with E-state index < -0.39 is 22.4 Å². The van der Waals surface area contributed by atoms with Crippen LogP contribution in [-0.4, -0.2) is 51.1 Å². The zero-order chi connectivity index (χ0) is 23.8. The maximum absolute atomic E-state index is 13.0. The van der Waals surface area contributed by atoms with Gasteiger partial charge in [-0.3, -0.25) is 9.48 Å². The minimum atomic E-state index is -3.65. The van der Waals surface area contributed by atoms with Crippen molar-refractivity contribution in [2.75, 3.05) is 11.1 Å². The lowest BCUT2D eigenvalue weighted by molar-refractivity contribution is -0.0494. The number of carbonyl (C=O) groups excluding carboxylic acids is 1. The molecule has 0 aliphatic carbocycles. The molecule has 0 bridgehead atoms. The largest absolute Gasteiger partial charge is 0.434 e. The number of anilines is 1. The van der Waals surface area contributed by atoms with Crippen LogP contribution in [0.5, 0.6) is 5.75 Å². The minimum absolute atomic E-state index is 0.0151. The maximum atomic E-state index is 13.0. The van der Waals surface area contributed by atoms with E-state index in [0.717, 1.165) is 6.07 Å². The Bertz CT molecular complexity index is 1450. The van der Waals surface area contributed by atoms with Crippen molar-refractivity contribution in [2.24, 2.45) is 7.05 Å². The number of sulfone groups is 1. The quantitative estimate of drug-likeness (QED) is 0.435. The number of hydrogen-bond acceptors (Lipinski definition) is 7. The molecule has 0 fully saturated rings. The molecule has 10 nitrogen and oxygen atoms in total. The Balaban J connectivity index is 1.79. The molecule has 1 N–H and O–H groups in total. The van der Waals surface area contributed by atoms with Gasteiger partial charge in [-0.2, -0.15) is 19.0 Å². The number of nitrogens with one attached hydrogen (secondary N) is 1. The Labute approximate surface area is 186 Å². The molecule has 1 amide bonds. The topological polar surface area (TPSA) is 120 Å². The molecule has 0 saturated heterocycles. The van der Waals surface area contributed by atoms with Crippen LogP contribution in [0.15, 0.2) is 53.9 Å². The minimum Gasteiger partial charge on any atom is -0.434 e. The number of hydrogen-bond donors (Lipinski definition) is 1. The van der Waals surface area contributed by atoms with Gasteiger partial charge in [-0.05, 0) is 24.3 Å². The van der Waals surface area contributed by atoms with Gasteiger partial charge in [0, 0.05) is 31.2 Å². The Hall–Kier alpha value is -3.87. The van der Waals surface area contributed by atoms with E-state index in [1.54, 1.807) is 19.3 Å². The van der Waals surface area contributed by atoms with Gasteiger partial charge >= 0.3 is 6.61 Å². The Morgan fingerprint density at radius 3 is 2.82 bits per heavy atom. The highest BCUT2D eigenvalue weighted by Crippen LogP contribution is 2.37. The van der Waals surface area contributed by atoms with Gasteiger partial charge in [0.05, 0.1) is 22.5 Å². The number of fused-ring (bicyclic) bond motifs is 1. The number of benzene rings is 1. The highest BCUT2D eigenvalue weighted by atomic mass is 32.2. The fraction of sp³-hybridized carbons (Fsp3) is 0.200. The van der Waals surface area contributed by atoms with E-state index >= 15 is 0 Å². The van der Waals surface area contributed by atoms with Crippen LogP contribution in [0.25, 0.3) is 16.9 Å². The fourth-order valence-corrected chi connectivity index (χ4v) is 4.12. The Morgan fingerprint density at radius 2 is 2.09 bits per heavy atom. The van der Waals surface area contributed by atoms with Gasteiger partial charge in [0.25, 0.3) is 5.91 Å². The van der Waals surface area contributed by atoms with Crippen molar-refractivity contribution < 1.29 is 26.7 Å². The van der Waals surface area contributed by atoms with Crippen molar-refractivity contribution in [3.63, 3.8) is 0 Å². The molecule has 0 spiro atoms. The van der Waals surface area contributed by atoms with Crippen LogP contribution in [0.1, 0.15) is 17.3 Å². The second kappa shape index (κ2) is 8.58. The summed E-state index contributed by atoms with van der Waals surface area (Å²) >= 11 is 0. The predicted octanol–water partition coefficient (Wildman–Crippen LogP) is 2.78. The third-order valence-electron chi connectivity index (χ3n) is 4.76. The molecule has 0 aliphatic rings. The van der Waals surface area contributed by atoms with Crippen molar-refractivity contribution in [2.45, 2.75) is 18.4 Å². The molecule has 3 heterocycles. The van der Waals surface area contributed by atoms with E-state index in [-0.39, 0.29) is 38.9 Å². The van der Waals surface area contributed by atoms with Crippen LogP contribution < -0.4 is 10.1 Å². The molecule has 33 heavy (non-hydrogen) atoms. The van der Waals surface area contributed by atoms with Crippen LogP contribution >= 0.6 is 0 Å². The number of aryl methyl sites for hydroxylation is 1. The van der Waals surface area contributed by atoms with Gasteiger partial charge in [-0.25, -0.2) is 17.9 Å². The highest BCUT2D eigenvalue weighted by molar-refractivity contribution is 7.91. The predicted molar refractivity (Wildman–Crippen MR) is 114 cm³/mol. The van der Waals surface area contributed by atoms with Crippen LogP contribution in [0.3, 0.4) is 0 Å². The summed E-state index contributed by atoms with van der Waals surface area (Å²) in [6.45, 7) is -1.68. The molecule has 0 atom stereocenters. The summed E-state index contributed by atoms with van der Waals surface area (Å²) in [5.74, 6) is -1.03. The van der Waals surface area contributed by atoms with Crippen molar-refractivity contribution in [3.05, 3.63) is 54.6 Å². The molecule has 0 aliphatic heterocycles. The van der Waals surface area contributed by atoms with Crippen LogP contribution in [-0.2, 0) is 16.9 Å². The van der Waals surface area contributed by atoms with E-state index in [2.05, 4.69) is 25.2 Å². The van der Waals surface area contributed by atoms with E-state index in [9.17, 15) is 22.0 Å². The van der Waals surface area contributed by atoms with Crippen LogP contribution in [0.4, 0.5) is 14.5 Å². The normalized spacial score (nSPS) is 11.8. The summed E-state index contributed by atoms with van der Waals surface area (Å²) in [4.78, 5) is 17.0. The molecule has 172 valence electrons. The maximum Gasteiger partial charge on any atom is 0.387 e. The van der Waals surface area contributed by atoms with Gasteiger partial charge in [0.1, 0.15) is 17.0 Å². The first kappa shape index (κ1) is 22.3. The van der Waals surface area contributed by atoms with Gasteiger partial charge in [-0.15, -0.1) is 0 Å². The number of carbonyl (C=O) groups is 1. The number of amides is 1. The standard InChI is InChI=1S/C20H18F2N6O4S/c1-3-33(30,31)12-5-6-16(32-20(21)22)13(9-12)17-15(11-27(2)26-17)25-19(29)14-10-24-28-8-4-7-23-18(14)28/h4-11,20H,3H2,1-2H3,(H,25,29). The monoisotopic (exact) mass is 476 g/mol. The number of halogens is 2. The van der Waals surface area contributed by atoms with E-state index in [0.29, 0.717) is 5.65 Å². The zero-order valence-corrected chi connectivity index (χ0v) is 18.3. The summed E-state index contributed by atoms with van der Waals surface area (Å²) in [7, 11) is -2.08. The van der Waals surface area contributed by atoms with Crippen LogP contribution in [0.2, 0.25) is 0 Å². The first-order valence-corrected chi connectivity index (χ1v) is 11.3. The lowest BCUT2D eigenvalue weighted by Gasteiger charge is -2.13. The van der Waals surface area contributed by atoms with E-state index in [1.807, 2.05) is 0 Å². The van der Waals surface area contributed by atoms with E-state index in [1.165, 1.54) is 46.8 Å². The van der Waals surface area contributed by atoms with E-state index in [4.69, 9.17) is 0 Å². The number of rotatable bonds is 7. The smallest absolute Gasteiger partial charge is 0.387 e. The average molecular weight is 476 g/mol. The number of alkyl halides is 2. The summed E-state index contributed by atoms with van der Waals surface area (Å²) < 4.78 is 58.1. The van der Waals surface area contributed by atoms with Crippen molar-refractivity contribution in [1.82, 2.24) is 24.4 Å². The van der Waals surface area contributed by atoms with Crippen molar-refractivity contribution in [3.8, 4) is 17.0 Å². The third-order valence-corrected chi connectivity index (χ3v) is 6.49. The second-order valence-electron chi connectivity index (χ2n) is 6.91. The number of aromatic nitrogens is 5. The average Bonchev–Trinajstić information content (AvgIpc) is 3.36. The molecule has 1 aromatic carbocycles. The number of ether oxygens (including phenoxy) is 1. The summed E-state index contributed by atoms with van der Waals surface area (Å²) in [6, 6.07) is 5.18. The Kier molecular flexibility index (Phi) is 5.80. The summed E-state index contributed by atoms with van der Waals surface area (Å²) in [5, 5.41) is 11.0. The van der Waals surface area contributed by atoms with Gasteiger partial charge in [-0.1, -0.05) is 6.92 Å². The van der Waals surface area contributed by atoms with Crippen molar-refractivity contribution >= 4 is 27.1 Å². The summed E-state index contributed by atoms with van der Waals surface area (Å²) in [6.07, 6.45) is 5.94. The SMILES string of the molecule is CCS(=O)(=O)c1ccc(OC(F)F)c(-c2nn(C)cc2NC(=O)c2cnn3cccnc23)c1. The Morgan fingerprint density at radius 1 is 1.30 bits per heavy atom. The molecule has 0 unspecified atom stereocenters. The molecule has 13 heteroatoms. The van der Waals surface area contributed by atoms with Gasteiger partial charge in [0.15, 0.2) is 15.5 Å². The second-order valence-corrected chi connectivity index (χ2v) is 9.18. The highest BCUT2D eigenvalue weighted by Gasteiger charge is 2.23. The molecule has 4 rings (SSSR count). The lowest BCUT2D eigenvalue weighted by Crippen LogP contribution is -2.12. The molecule has 3 aromatic heterocycles. The fourth-order valence-electron chi connectivity index (χ4n) is 3.21.